The van der Waals surface area contributed by atoms with E-state index in [1.54, 1.807) is 0 Å². The molecule has 1 heterocycles. The monoisotopic (exact) mass is 280 g/mol. The van der Waals surface area contributed by atoms with Crippen molar-refractivity contribution in [1.29, 1.82) is 0 Å². The summed E-state index contributed by atoms with van der Waals surface area (Å²) in [6.07, 6.45) is 8.47. The first-order chi connectivity index (χ1) is 9.31. The van der Waals surface area contributed by atoms with Gasteiger partial charge in [0.05, 0.1) is 5.75 Å². The van der Waals surface area contributed by atoms with Crippen LogP contribution in [0.3, 0.4) is 0 Å². The molecule has 2 aliphatic rings. The number of hydrogen-bond acceptors (Lipinski definition) is 5. The van der Waals surface area contributed by atoms with Crippen LogP contribution in [0.15, 0.2) is 4.52 Å². The van der Waals surface area contributed by atoms with Crippen LogP contribution in [0.25, 0.3) is 0 Å². The second-order valence-electron chi connectivity index (χ2n) is 5.58. The Morgan fingerprint density at radius 1 is 1.16 bits per heavy atom. The van der Waals surface area contributed by atoms with Gasteiger partial charge in [0.2, 0.25) is 5.89 Å². The van der Waals surface area contributed by atoms with E-state index in [1.165, 1.54) is 25.7 Å². The predicted molar refractivity (Wildman–Crippen MR) is 74.1 cm³/mol. The molecule has 0 aromatic carbocycles. The summed E-state index contributed by atoms with van der Waals surface area (Å²) >= 11 is 1.96. The molecule has 0 saturated heterocycles. The van der Waals surface area contributed by atoms with E-state index in [-0.39, 0.29) is 0 Å². The minimum atomic E-state index is 0.301. The van der Waals surface area contributed by atoms with Gasteiger partial charge in [-0.25, -0.2) is 0 Å². The Labute approximate surface area is 117 Å². The zero-order valence-corrected chi connectivity index (χ0v) is 12.0. The third-order valence-electron chi connectivity index (χ3n) is 4.13. The summed E-state index contributed by atoms with van der Waals surface area (Å²) in [5.41, 5.74) is 0. The van der Waals surface area contributed by atoms with E-state index in [4.69, 9.17) is 4.52 Å². The maximum atomic E-state index is 11.2. The number of carbonyl (C=O) groups is 1. The highest BCUT2D eigenvalue weighted by molar-refractivity contribution is 7.99. The lowest BCUT2D eigenvalue weighted by atomic mass is 9.88. The Bertz CT molecular complexity index is 430. The highest BCUT2D eigenvalue weighted by atomic mass is 32.2. The smallest absolute Gasteiger partial charge is 0.229 e. The number of aromatic nitrogens is 2. The molecule has 2 saturated carbocycles. The molecule has 2 aliphatic carbocycles. The van der Waals surface area contributed by atoms with Crippen LogP contribution in [0.5, 0.6) is 0 Å². The fraction of sp³-hybridized carbons (Fsp3) is 0.786. The third-order valence-corrected chi connectivity index (χ3v) is 5.49. The highest BCUT2D eigenvalue weighted by Crippen LogP contribution is 2.33. The van der Waals surface area contributed by atoms with Gasteiger partial charge in [0.25, 0.3) is 0 Å². The maximum absolute atomic E-state index is 11.2. The Balaban J connectivity index is 1.52. The standard InChI is InChI=1S/C14H20N2O2S/c17-11-7-5-10(6-8-11)14-15-13(16-18-14)9-19-12-3-1-2-4-12/h10,12H,1-9H2. The van der Waals surface area contributed by atoms with Gasteiger partial charge >= 0.3 is 0 Å². The van der Waals surface area contributed by atoms with E-state index in [9.17, 15) is 4.79 Å². The first-order valence-corrected chi connectivity index (χ1v) is 8.32. The fourth-order valence-corrected chi connectivity index (χ4v) is 4.09. The van der Waals surface area contributed by atoms with E-state index in [0.29, 0.717) is 24.5 Å². The molecule has 5 heteroatoms. The van der Waals surface area contributed by atoms with E-state index in [1.807, 2.05) is 11.8 Å². The van der Waals surface area contributed by atoms with Crippen molar-refractivity contribution < 1.29 is 9.32 Å². The molecule has 0 N–H and O–H groups in total. The van der Waals surface area contributed by atoms with E-state index >= 15 is 0 Å². The van der Waals surface area contributed by atoms with Crippen LogP contribution < -0.4 is 0 Å². The summed E-state index contributed by atoms with van der Waals surface area (Å²) in [6.45, 7) is 0. The molecular weight excluding hydrogens is 260 g/mol. The second-order valence-corrected chi connectivity index (χ2v) is 6.87. The molecule has 3 rings (SSSR count). The molecule has 0 unspecified atom stereocenters. The molecular formula is C14H20N2O2S. The van der Waals surface area contributed by atoms with Crippen LogP contribution in [-0.2, 0) is 10.5 Å². The molecule has 0 aliphatic heterocycles. The summed E-state index contributed by atoms with van der Waals surface area (Å²) in [4.78, 5) is 15.7. The highest BCUT2D eigenvalue weighted by Gasteiger charge is 2.25. The van der Waals surface area contributed by atoms with Gasteiger partial charge in [0.1, 0.15) is 5.78 Å². The second kappa shape index (κ2) is 6.07. The number of carbonyl (C=O) groups excluding carboxylic acids is 1. The van der Waals surface area contributed by atoms with Crippen LogP contribution in [0.1, 0.15) is 69.0 Å². The summed E-state index contributed by atoms with van der Waals surface area (Å²) in [5.74, 6) is 3.10. The third kappa shape index (κ3) is 3.38. The Morgan fingerprint density at radius 3 is 2.63 bits per heavy atom. The topological polar surface area (TPSA) is 56.0 Å². The van der Waals surface area contributed by atoms with E-state index in [0.717, 1.165) is 35.6 Å². The SMILES string of the molecule is O=C1CCC(c2nc(CSC3CCCC3)no2)CC1. The summed E-state index contributed by atoms with van der Waals surface area (Å²) in [6, 6.07) is 0. The minimum Gasteiger partial charge on any atom is -0.339 e. The first kappa shape index (κ1) is 13.2. The van der Waals surface area contributed by atoms with Crippen molar-refractivity contribution in [2.75, 3.05) is 0 Å². The number of nitrogens with zero attached hydrogens (tertiary/aromatic N) is 2. The molecule has 4 nitrogen and oxygen atoms in total. The van der Waals surface area contributed by atoms with Crippen molar-refractivity contribution in [2.45, 2.75) is 68.3 Å². The molecule has 0 amide bonds. The Hall–Kier alpha value is -0.840. The number of rotatable bonds is 4. The molecule has 0 spiro atoms. The van der Waals surface area contributed by atoms with Gasteiger partial charge in [-0.2, -0.15) is 16.7 Å². The first-order valence-electron chi connectivity index (χ1n) is 7.27. The largest absolute Gasteiger partial charge is 0.339 e. The van der Waals surface area contributed by atoms with Gasteiger partial charge in [-0.3, -0.25) is 4.79 Å². The maximum Gasteiger partial charge on any atom is 0.229 e. The van der Waals surface area contributed by atoms with Gasteiger partial charge < -0.3 is 4.52 Å². The lowest BCUT2D eigenvalue weighted by Gasteiger charge is -2.16. The van der Waals surface area contributed by atoms with Crippen LogP contribution in [0.2, 0.25) is 0 Å². The van der Waals surface area contributed by atoms with Crippen LogP contribution in [-0.4, -0.2) is 21.2 Å². The molecule has 19 heavy (non-hydrogen) atoms. The summed E-state index contributed by atoms with van der Waals surface area (Å²) < 4.78 is 5.37. The molecule has 1 aromatic heterocycles. The van der Waals surface area contributed by atoms with Crippen molar-refractivity contribution in [3.8, 4) is 0 Å². The Morgan fingerprint density at radius 2 is 1.89 bits per heavy atom. The van der Waals surface area contributed by atoms with Gasteiger partial charge in [-0.1, -0.05) is 18.0 Å². The fourth-order valence-electron chi connectivity index (χ4n) is 2.93. The quantitative estimate of drug-likeness (QED) is 0.845. The molecule has 2 fully saturated rings. The molecule has 104 valence electrons. The minimum absolute atomic E-state index is 0.301. The average molecular weight is 280 g/mol. The number of Topliss-reactive ketones (excluding diaryl/α,β-unsaturated/α-hetero) is 1. The van der Waals surface area contributed by atoms with Crippen LogP contribution >= 0.6 is 11.8 Å². The summed E-state index contributed by atoms with van der Waals surface area (Å²) in [5, 5.41) is 4.87. The number of ketones is 1. The van der Waals surface area contributed by atoms with Crippen LogP contribution in [0.4, 0.5) is 0 Å². The van der Waals surface area contributed by atoms with Crippen molar-refractivity contribution in [3.05, 3.63) is 11.7 Å². The van der Waals surface area contributed by atoms with Gasteiger partial charge in [-0.05, 0) is 25.7 Å². The Kier molecular flexibility index (Phi) is 4.21. The van der Waals surface area contributed by atoms with Crippen molar-refractivity contribution in [2.24, 2.45) is 0 Å². The van der Waals surface area contributed by atoms with E-state index < -0.39 is 0 Å². The van der Waals surface area contributed by atoms with Crippen LogP contribution in [0, 0.1) is 0 Å². The normalized spacial score (nSPS) is 22.2. The summed E-state index contributed by atoms with van der Waals surface area (Å²) in [7, 11) is 0. The van der Waals surface area contributed by atoms with Gasteiger partial charge in [0, 0.05) is 24.0 Å². The van der Waals surface area contributed by atoms with Crippen molar-refractivity contribution >= 4 is 17.5 Å². The van der Waals surface area contributed by atoms with Gasteiger partial charge in [0.15, 0.2) is 5.82 Å². The van der Waals surface area contributed by atoms with Crippen molar-refractivity contribution in [3.63, 3.8) is 0 Å². The lowest BCUT2D eigenvalue weighted by molar-refractivity contribution is -0.120. The van der Waals surface area contributed by atoms with Gasteiger partial charge in [-0.15, -0.1) is 0 Å². The van der Waals surface area contributed by atoms with Crippen molar-refractivity contribution in [1.82, 2.24) is 10.1 Å². The average Bonchev–Trinajstić information content (AvgIpc) is 3.09. The molecule has 0 radical (unpaired) electrons. The van der Waals surface area contributed by atoms with E-state index in [2.05, 4.69) is 10.1 Å². The number of hydrogen-bond donors (Lipinski definition) is 0. The molecule has 0 bridgehead atoms. The zero-order valence-electron chi connectivity index (χ0n) is 11.1. The number of thioether (sulfide) groups is 1. The lowest BCUT2D eigenvalue weighted by Crippen LogP contribution is -2.12. The zero-order chi connectivity index (χ0) is 13.1. The predicted octanol–water partition coefficient (Wildman–Crippen LogP) is 3.47. The molecule has 1 aromatic rings. The molecule has 0 atom stereocenters.